The molecule has 2 fully saturated rings. The van der Waals surface area contributed by atoms with Crippen molar-refractivity contribution in [2.75, 3.05) is 14.2 Å². The third kappa shape index (κ3) is 1.60. The number of rotatable bonds is 2. The number of methoxy groups -OCH3 is 2. The molecule has 0 radical (unpaired) electrons. The van der Waals surface area contributed by atoms with E-state index in [9.17, 15) is 9.59 Å². The molecule has 2 saturated carbocycles. The van der Waals surface area contributed by atoms with Gasteiger partial charge < -0.3 is 9.47 Å². The molecule has 0 spiro atoms. The van der Waals surface area contributed by atoms with Gasteiger partial charge in [0, 0.05) is 0 Å². The number of allylic oxidation sites excluding steroid dienone is 2. The van der Waals surface area contributed by atoms with Gasteiger partial charge in [-0.05, 0) is 49.4 Å². The topological polar surface area (TPSA) is 52.6 Å². The summed E-state index contributed by atoms with van der Waals surface area (Å²) in [6.07, 6.45) is 4.21. The van der Waals surface area contributed by atoms with E-state index in [0.717, 1.165) is 25.7 Å². The molecule has 4 rings (SSSR count). The number of hydrogen-bond donors (Lipinski definition) is 0. The predicted octanol–water partition coefficient (Wildman–Crippen LogP) is 1.94. The van der Waals surface area contributed by atoms with E-state index in [4.69, 9.17) is 9.47 Å². The SMILES string of the molecule is COC(=O)C1[C@H]2CC3=C(C[C@@H]4C(C(=O)OC)[C@@H]4C3)C[C@@H]12. The van der Waals surface area contributed by atoms with Gasteiger partial charge >= 0.3 is 11.9 Å². The smallest absolute Gasteiger partial charge is 0.309 e. The summed E-state index contributed by atoms with van der Waals surface area (Å²) in [5, 5.41) is 0. The van der Waals surface area contributed by atoms with Crippen LogP contribution in [0.4, 0.5) is 0 Å². The van der Waals surface area contributed by atoms with E-state index >= 15 is 0 Å². The van der Waals surface area contributed by atoms with Gasteiger partial charge in [0.25, 0.3) is 0 Å². The lowest BCUT2D eigenvalue weighted by Crippen LogP contribution is -2.08. The van der Waals surface area contributed by atoms with Crippen LogP contribution in [0.1, 0.15) is 25.7 Å². The Balaban J connectivity index is 1.44. The van der Waals surface area contributed by atoms with Crippen LogP contribution < -0.4 is 0 Å². The lowest BCUT2D eigenvalue weighted by Gasteiger charge is -2.23. The van der Waals surface area contributed by atoms with E-state index in [0.29, 0.717) is 23.7 Å². The van der Waals surface area contributed by atoms with Crippen molar-refractivity contribution in [3.05, 3.63) is 11.1 Å². The lowest BCUT2D eigenvalue weighted by molar-refractivity contribution is -0.143. The maximum atomic E-state index is 11.7. The van der Waals surface area contributed by atoms with E-state index in [2.05, 4.69) is 0 Å². The normalized spacial score (nSPS) is 43.9. The first-order chi connectivity index (χ1) is 9.65. The predicted molar refractivity (Wildman–Crippen MR) is 70.5 cm³/mol. The zero-order chi connectivity index (χ0) is 14.0. The quantitative estimate of drug-likeness (QED) is 0.571. The molecule has 6 atom stereocenters. The van der Waals surface area contributed by atoms with Crippen molar-refractivity contribution in [2.24, 2.45) is 35.5 Å². The molecule has 108 valence electrons. The van der Waals surface area contributed by atoms with Gasteiger partial charge in [0.05, 0.1) is 26.1 Å². The minimum absolute atomic E-state index is 0.0301. The third-order valence-electron chi connectivity index (χ3n) is 6.04. The van der Waals surface area contributed by atoms with Gasteiger partial charge in [0.15, 0.2) is 0 Å². The molecule has 0 aliphatic heterocycles. The molecule has 0 aromatic rings. The largest absolute Gasteiger partial charge is 0.469 e. The number of carbonyl (C=O) groups excluding carboxylic acids is 2. The molecule has 0 amide bonds. The fraction of sp³-hybridized carbons (Fsp3) is 0.750. The molecule has 0 bridgehead atoms. The molecular weight excluding hydrogens is 256 g/mol. The summed E-state index contributed by atoms with van der Waals surface area (Å²) in [5.74, 6) is 2.24. The highest BCUT2D eigenvalue weighted by Crippen LogP contribution is 2.65. The van der Waals surface area contributed by atoms with Crippen molar-refractivity contribution in [1.82, 2.24) is 0 Å². The Labute approximate surface area is 118 Å². The van der Waals surface area contributed by atoms with Crippen LogP contribution in [0.2, 0.25) is 0 Å². The molecule has 0 heterocycles. The van der Waals surface area contributed by atoms with Gasteiger partial charge in [0.2, 0.25) is 0 Å². The fourth-order valence-electron chi connectivity index (χ4n) is 4.86. The number of carbonyl (C=O) groups is 2. The minimum atomic E-state index is -0.0301. The van der Waals surface area contributed by atoms with Gasteiger partial charge in [-0.1, -0.05) is 11.1 Å². The second-order valence-corrected chi connectivity index (χ2v) is 6.78. The van der Waals surface area contributed by atoms with Crippen molar-refractivity contribution in [1.29, 1.82) is 0 Å². The first-order valence-corrected chi connectivity index (χ1v) is 7.51. The zero-order valence-corrected chi connectivity index (χ0v) is 11.9. The first-order valence-electron chi connectivity index (χ1n) is 7.51. The molecule has 4 heteroatoms. The summed E-state index contributed by atoms with van der Waals surface area (Å²) in [5.41, 5.74) is 3.07. The standard InChI is InChI=1S/C16H20O4/c1-19-15(17)13-9-3-7-5-11-12(14(11)16(18)20-2)6-8(7)4-10(9)13/h9-14H,3-6H2,1-2H3/t9-,10+,11+,12-,13?,14?. The van der Waals surface area contributed by atoms with Gasteiger partial charge in [-0.15, -0.1) is 0 Å². The molecule has 4 nitrogen and oxygen atoms in total. The highest BCUT2D eigenvalue weighted by Gasteiger charge is 2.62. The second-order valence-electron chi connectivity index (χ2n) is 6.78. The number of ether oxygens (including phenoxy) is 2. The van der Waals surface area contributed by atoms with Crippen LogP contribution in [0, 0.1) is 35.5 Å². The molecule has 0 aromatic heterocycles. The molecule has 0 saturated heterocycles. The van der Waals surface area contributed by atoms with E-state index < -0.39 is 0 Å². The van der Waals surface area contributed by atoms with Crippen LogP contribution in [0.15, 0.2) is 11.1 Å². The number of fused-ring (bicyclic) bond motifs is 2. The highest BCUT2D eigenvalue weighted by atomic mass is 16.5. The van der Waals surface area contributed by atoms with E-state index in [-0.39, 0.29) is 23.8 Å². The van der Waals surface area contributed by atoms with Crippen molar-refractivity contribution >= 4 is 11.9 Å². The number of hydrogen-bond acceptors (Lipinski definition) is 4. The van der Waals surface area contributed by atoms with Crippen molar-refractivity contribution in [3.63, 3.8) is 0 Å². The summed E-state index contributed by atoms with van der Waals surface area (Å²) < 4.78 is 9.79. The Morgan fingerprint density at radius 3 is 1.30 bits per heavy atom. The van der Waals surface area contributed by atoms with Gasteiger partial charge in [-0.2, -0.15) is 0 Å². The summed E-state index contributed by atoms with van der Waals surface area (Å²) in [4.78, 5) is 23.4. The molecule has 0 aromatic carbocycles. The Kier molecular flexibility index (Phi) is 2.54. The highest BCUT2D eigenvalue weighted by molar-refractivity contribution is 5.78. The van der Waals surface area contributed by atoms with Crippen LogP contribution >= 0.6 is 0 Å². The average molecular weight is 276 g/mol. The van der Waals surface area contributed by atoms with Crippen LogP contribution in [0.25, 0.3) is 0 Å². The van der Waals surface area contributed by atoms with Crippen LogP contribution in [-0.2, 0) is 19.1 Å². The molecule has 0 N–H and O–H groups in total. The van der Waals surface area contributed by atoms with Crippen LogP contribution in [-0.4, -0.2) is 26.2 Å². The molecule has 2 unspecified atom stereocenters. The fourth-order valence-corrected chi connectivity index (χ4v) is 4.86. The Morgan fingerprint density at radius 1 is 0.750 bits per heavy atom. The summed E-state index contributed by atoms with van der Waals surface area (Å²) in [7, 11) is 2.96. The van der Waals surface area contributed by atoms with Gasteiger partial charge in [-0.3, -0.25) is 9.59 Å². The molecule has 4 aliphatic rings. The van der Waals surface area contributed by atoms with E-state index in [1.165, 1.54) is 25.4 Å². The zero-order valence-electron chi connectivity index (χ0n) is 11.9. The Hall–Kier alpha value is -1.32. The molecule has 4 aliphatic carbocycles. The van der Waals surface area contributed by atoms with E-state index in [1.807, 2.05) is 0 Å². The minimum Gasteiger partial charge on any atom is -0.469 e. The lowest BCUT2D eigenvalue weighted by atomic mass is 9.82. The first kappa shape index (κ1) is 12.4. The number of esters is 2. The molecule has 20 heavy (non-hydrogen) atoms. The second kappa shape index (κ2) is 4.09. The third-order valence-corrected chi connectivity index (χ3v) is 6.04. The summed E-state index contributed by atoms with van der Waals surface area (Å²) in [6, 6.07) is 0. The maximum absolute atomic E-state index is 11.7. The monoisotopic (exact) mass is 276 g/mol. The van der Waals surface area contributed by atoms with Gasteiger partial charge in [-0.25, -0.2) is 0 Å². The maximum Gasteiger partial charge on any atom is 0.309 e. The van der Waals surface area contributed by atoms with Crippen molar-refractivity contribution < 1.29 is 19.1 Å². The van der Waals surface area contributed by atoms with Crippen molar-refractivity contribution in [3.8, 4) is 0 Å². The summed E-state index contributed by atoms with van der Waals surface area (Å²) >= 11 is 0. The van der Waals surface area contributed by atoms with E-state index in [1.54, 1.807) is 0 Å². The average Bonchev–Trinajstić information content (AvgIpc) is 3.34. The van der Waals surface area contributed by atoms with Crippen LogP contribution in [0.5, 0.6) is 0 Å². The Bertz CT molecular complexity index is 447. The van der Waals surface area contributed by atoms with Crippen molar-refractivity contribution in [2.45, 2.75) is 25.7 Å². The molecular formula is C16H20O4. The van der Waals surface area contributed by atoms with Crippen LogP contribution in [0.3, 0.4) is 0 Å². The van der Waals surface area contributed by atoms with Gasteiger partial charge in [0.1, 0.15) is 0 Å². The summed E-state index contributed by atoms with van der Waals surface area (Å²) in [6.45, 7) is 0. The Morgan fingerprint density at radius 2 is 1.05 bits per heavy atom.